The number of rotatable bonds is 5. The van der Waals surface area contributed by atoms with Gasteiger partial charge in [0.2, 0.25) is 0 Å². The van der Waals surface area contributed by atoms with Crippen LogP contribution in [0.1, 0.15) is 18.5 Å². The van der Waals surface area contributed by atoms with Crippen molar-refractivity contribution in [2.45, 2.75) is 19.1 Å². The molecule has 0 spiro atoms. The molecule has 0 saturated heterocycles. The topological polar surface area (TPSA) is 75.7 Å². The Labute approximate surface area is 103 Å². The molecule has 0 amide bonds. The molecule has 1 unspecified atom stereocenters. The average molecular weight is 290 g/mol. The molecule has 4 nitrogen and oxygen atoms in total. The summed E-state index contributed by atoms with van der Waals surface area (Å²) in [5, 5.41) is 17.9. The Hall–Kier alpha value is -0.620. The molecule has 5 heteroatoms. The number of ether oxygens (including phenoxy) is 1. The third-order valence-electron chi connectivity index (χ3n) is 2.10. The fourth-order valence-electron chi connectivity index (χ4n) is 1.25. The summed E-state index contributed by atoms with van der Waals surface area (Å²) in [7, 11) is 0. The van der Waals surface area contributed by atoms with Gasteiger partial charge in [-0.3, -0.25) is 0 Å². The SMILES string of the molecule is C[C@H](N)c1cc(Br)ccc1OCC(O)CO. The Morgan fingerprint density at radius 3 is 2.75 bits per heavy atom. The maximum absolute atomic E-state index is 9.19. The molecule has 16 heavy (non-hydrogen) atoms. The fourth-order valence-corrected chi connectivity index (χ4v) is 1.62. The van der Waals surface area contributed by atoms with E-state index in [9.17, 15) is 5.11 Å². The minimum absolute atomic E-state index is 0.0534. The van der Waals surface area contributed by atoms with E-state index in [2.05, 4.69) is 15.9 Å². The molecule has 1 aromatic carbocycles. The highest BCUT2D eigenvalue weighted by atomic mass is 79.9. The maximum Gasteiger partial charge on any atom is 0.124 e. The van der Waals surface area contributed by atoms with E-state index in [1.165, 1.54) is 0 Å². The molecule has 4 N–H and O–H groups in total. The molecule has 0 aromatic heterocycles. The number of aliphatic hydroxyl groups excluding tert-OH is 2. The van der Waals surface area contributed by atoms with Crippen LogP contribution >= 0.6 is 15.9 Å². The fraction of sp³-hybridized carbons (Fsp3) is 0.455. The van der Waals surface area contributed by atoms with E-state index in [1.807, 2.05) is 19.1 Å². The van der Waals surface area contributed by atoms with Gasteiger partial charge in [-0.15, -0.1) is 0 Å². The highest BCUT2D eigenvalue weighted by Gasteiger charge is 2.10. The first-order valence-corrected chi connectivity index (χ1v) is 5.80. The molecule has 0 aliphatic rings. The number of nitrogens with two attached hydrogens (primary N) is 1. The molecule has 0 aliphatic carbocycles. The molecule has 0 radical (unpaired) electrons. The van der Waals surface area contributed by atoms with Crippen molar-refractivity contribution in [3.05, 3.63) is 28.2 Å². The van der Waals surface area contributed by atoms with Crippen LogP contribution in [-0.4, -0.2) is 29.5 Å². The maximum atomic E-state index is 9.19. The zero-order chi connectivity index (χ0) is 12.1. The summed E-state index contributed by atoms with van der Waals surface area (Å²) >= 11 is 3.36. The molecule has 90 valence electrons. The van der Waals surface area contributed by atoms with E-state index in [1.54, 1.807) is 6.07 Å². The quantitative estimate of drug-likeness (QED) is 0.761. The van der Waals surface area contributed by atoms with Crippen LogP contribution in [0.15, 0.2) is 22.7 Å². The molecular formula is C11H16BrNO3. The monoisotopic (exact) mass is 289 g/mol. The van der Waals surface area contributed by atoms with Crippen LogP contribution in [0.2, 0.25) is 0 Å². The van der Waals surface area contributed by atoms with Gasteiger partial charge in [-0.1, -0.05) is 15.9 Å². The minimum atomic E-state index is -0.871. The van der Waals surface area contributed by atoms with Gasteiger partial charge in [-0.05, 0) is 25.1 Å². The highest BCUT2D eigenvalue weighted by Crippen LogP contribution is 2.27. The predicted molar refractivity (Wildman–Crippen MR) is 65.3 cm³/mol. The summed E-state index contributed by atoms with van der Waals surface area (Å²) in [6.45, 7) is 1.60. The molecule has 1 aromatic rings. The predicted octanol–water partition coefficient (Wildman–Crippen LogP) is 1.20. The average Bonchev–Trinajstić information content (AvgIpc) is 2.26. The van der Waals surface area contributed by atoms with Crippen molar-refractivity contribution in [2.75, 3.05) is 13.2 Å². The van der Waals surface area contributed by atoms with Crippen molar-refractivity contribution in [3.63, 3.8) is 0 Å². The first kappa shape index (κ1) is 13.4. The van der Waals surface area contributed by atoms with Crippen molar-refractivity contribution < 1.29 is 14.9 Å². The third kappa shape index (κ3) is 3.75. The van der Waals surface area contributed by atoms with Gasteiger partial charge < -0.3 is 20.7 Å². The molecule has 0 heterocycles. The van der Waals surface area contributed by atoms with Crippen LogP contribution in [0.25, 0.3) is 0 Å². The molecule has 2 atom stereocenters. The molecule has 0 fully saturated rings. The molecule has 0 aliphatic heterocycles. The summed E-state index contributed by atoms with van der Waals surface area (Å²) in [6.07, 6.45) is -0.871. The first-order chi connectivity index (χ1) is 7.54. The second-order valence-electron chi connectivity index (χ2n) is 3.62. The number of benzene rings is 1. The lowest BCUT2D eigenvalue weighted by atomic mass is 10.1. The lowest BCUT2D eigenvalue weighted by Crippen LogP contribution is -2.22. The van der Waals surface area contributed by atoms with Gasteiger partial charge in [0.25, 0.3) is 0 Å². The smallest absolute Gasteiger partial charge is 0.124 e. The second-order valence-corrected chi connectivity index (χ2v) is 4.53. The van der Waals surface area contributed by atoms with Crippen LogP contribution in [0.4, 0.5) is 0 Å². The largest absolute Gasteiger partial charge is 0.490 e. The molecular weight excluding hydrogens is 274 g/mol. The van der Waals surface area contributed by atoms with Crippen molar-refractivity contribution in [1.82, 2.24) is 0 Å². The summed E-state index contributed by atoms with van der Waals surface area (Å²) in [4.78, 5) is 0. The van der Waals surface area contributed by atoms with Gasteiger partial charge in [0.15, 0.2) is 0 Å². The Morgan fingerprint density at radius 1 is 1.50 bits per heavy atom. The normalized spacial score (nSPS) is 14.6. The number of aliphatic hydroxyl groups is 2. The number of hydrogen-bond donors (Lipinski definition) is 3. The summed E-state index contributed by atoms with van der Waals surface area (Å²) in [6, 6.07) is 5.35. The lowest BCUT2D eigenvalue weighted by molar-refractivity contribution is 0.0532. The van der Waals surface area contributed by atoms with Crippen LogP contribution in [0.5, 0.6) is 5.75 Å². The minimum Gasteiger partial charge on any atom is -0.490 e. The van der Waals surface area contributed by atoms with Gasteiger partial charge >= 0.3 is 0 Å². The van der Waals surface area contributed by atoms with E-state index in [-0.39, 0.29) is 19.3 Å². The van der Waals surface area contributed by atoms with Crippen molar-refractivity contribution in [1.29, 1.82) is 0 Å². The van der Waals surface area contributed by atoms with Gasteiger partial charge in [0.1, 0.15) is 18.5 Å². The van der Waals surface area contributed by atoms with Gasteiger partial charge in [0.05, 0.1) is 6.61 Å². The van der Waals surface area contributed by atoms with E-state index in [0.29, 0.717) is 5.75 Å². The van der Waals surface area contributed by atoms with Crippen molar-refractivity contribution in [3.8, 4) is 5.75 Å². The van der Waals surface area contributed by atoms with Crippen LogP contribution < -0.4 is 10.5 Å². The third-order valence-corrected chi connectivity index (χ3v) is 2.60. The summed E-state index contributed by atoms with van der Waals surface area (Å²) in [5.74, 6) is 0.630. The molecule has 0 bridgehead atoms. The van der Waals surface area contributed by atoms with Crippen LogP contribution in [0.3, 0.4) is 0 Å². The van der Waals surface area contributed by atoms with Crippen molar-refractivity contribution in [2.24, 2.45) is 5.73 Å². The summed E-state index contributed by atoms with van der Waals surface area (Å²) in [5.41, 5.74) is 6.67. The van der Waals surface area contributed by atoms with E-state index < -0.39 is 6.10 Å². The first-order valence-electron chi connectivity index (χ1n) is 5.01. The molecule has 0 saturated carbocycles. The summed E-state index contributed by atoms with van der Waals surface area (Å²) < 4.78 is 6.32. The van der Waals surface area contributed by atoms with Gasteiger partial charge in [-0.25, -0.2) is 0 Å². The zero-order valence-corrected chi connectivity index (χ0v) is 10.6. The Balaban J connectivity index is 2.78. The standard InChI is InChI=1S/C11H16BrNO3/c1-7(13)10-4-8(12)2-3-11(10)16-6-9(15)5-14/h2-4,7,9,14-15H,5-6,13H2,1H3/t7-,9?/m0/s1. The van der Waals surface area contributed by atoms with E-state index in [4.69, 9.17) is 15.6 Å². The van der Waals surface area contributed by atoms with Crippen LogP contribution in [-0.2, 0) is 0 Å². The van der Waals surface area contributed by atoms with Crippen molar-refractivity contribution >= 4 is 15.9 Å². The van der Waals surface area contributed by atoms with Gasteiger partial charge in [0, 0.05) is 16.1 Å². The molecule has 1 rings (SSSR count). The van der Waals surface area contributed by atoms with E-state index >= 15 is 0 Å². The lowest BCUT2D eigenvalue weighted by Gasteiger charge is -2.16. The zero-order valence-electron chi connectivity index (χ0n) is 9.06. The second kappa shape index (κ2) is 6.20. The Kier molecular flexibility index (Phi) is 5.21. The Morgan fingerprint density at radius 2 is 2.19 bits per heavy atom. The Bertz CT molecular complexity index is 344. The van der Waals surface area contributed by atoms with E-state index in [0.717, 1.165) is 10.0 Å². The number of hydrogen-bond acceptors (Lipinski definition) is 4. The van der Waals surface area contributed by atoms with Crippen LogP contribution in [0, 0.1) is 0 Å². The number of halogens is 1. The van der Waals surface area contributed by atoms with Gasteiger partial charge in [-0.2, -0.15) is 0 Å². The highest BCUT2D eigenvalue weighted by molar-refractivity contribution is 9.10.